The summed E-state index contributed by atoms with van der Waals surface area (Å²) in [4.78, 5) is 72.0. The van der Waals surface area contributed by atoms with E-state index < -0.39 is 60.2 Å². The first kappa shape index (κ1) is 33.2. The fourth-order valence-electron chi connectivity index (χ4n) is 3.33. The summed E-state index contributed by atoms with van der Waals surface area (Å²) in [5, 5.41) is 25.9. The molecule has 4 unspecified atom stereocenters. The van der Waals surface area contributed by atoms with Crippen molar-refractivity contribution in [3.8, 4) is 0 Å². The fourth-order valence-corrected chi connectivity index (χ4v) is 3.80. The molecule has 0 spiro atoms. The summed E-state index contributed by atoms with van der Waals surface area (Å²) in [6.07, 6.45) is 4.53. The van der Waals surface area contributed by atoms with Crippen LogP contribution < -0.4 is 33.2 Å². The number of carbonyl (C=O) groups is 5. The van der Waals surface area contributed by atoms with E-state index in [1.807, 2.05) is 0 Å². The molecule has 218 valence electrons. The minimum Gasteiger partial charge on any atom is -0.481 e. The van der Waals surface area contributed by atoms with Gasteiger partial charge in [0.2, 0.25) is 17.7 Å². The highest BCUT2D eigenvalue weighted by Crippen LogP contribution is 2.07. The van der Waals surface area contributed by atoms with E-state index in [4.69, 9.17) is 22.3 Å². The highest BCUT2D eigenvalue weighted by atomic mass is 32.2. The van der Waals surface area contributed by atoms with Crippen LogP contribution in [0.1, 0.15) is 37.8 Å². The van der Waals surface area contributed by atoms with Gasteiger partial charge in [0.15, 0.2) is 5.96 Å². The Morgan fingerprint density at radius 1 is 1.00 bits per heavy atom. The van der Waals surface area contributed by atoms with Crippen molar-refractivity contribution in [1.82, 2.24) is 25.9 Å². The summed E-state index contributed by atoms with van der Waals surface area (Å²) < 4.78 is 0. The maximum Gasteiger partial charge on any atom is 0.326 e. The SMILES string of the molecule is CSCCC(NC(=O)C(CCC(=O)O)NC(=O)C(Cc1cnc[nH]1)NC(=O)C(N)CCCN=C(N)N)C(=O)O. The number of aromatic amines is 1. The van der Waals surface area contributed by atoms with Gasteiger partial charge in [-0.2, -0.15) is 11.8 Å². The van der Waals surface area contributed by atoms with Gasteiger partial charge in [0.25, 0.3) is 0 Å². The van der Waals surface area contributed by atoms with Crippen molar-refractivity contribution >= 4 is 47.4 Å². The number of aromatic nitrogens is 2. The molecule has 16 nitrogen and oxygen atoms in total. The number of carboxylic acids is 2. The van der Waals surface area contributed by atoms with E-state index in [9.17, 15) is 29.1 Å². The molecular formula is C22H37N9O7S. The van der Waals surface area contributed by atoms with Crippen LogP contribution in [-0.4, -0.2) is 98.5 Å². The summed E-state index contributed by atoms with van der Waals surface area (Å²) in [6.45, 7) is 0.260. The summed E-state index contributed by atoms with van der Waals surface area (Å²) in [6, 6.07) is -4.81. The van der Waals surface area contributed by atoms with Crippen LogP contribution in [0.25, 0.3) is 0 Å². The number of guanidine groups is 1. The van der Waals surface area contributed by atoms with Gasteiger partial charge in [-0.3, -0.25) is 24.2 Å². The van der Waals surface area contributed by atoms with Crippen LogP contribution in [0.5, 0.6) is 0 Å². The van der Waals surface area contributed by atoms with E-state index in [0.717, 1.165) is 0 Å². The molecule has 12 N–H and O–H groups in total. The predicted octanol–water partition coefficient (Wildman–Crippen LogP) is -2.51. The second kappa shape index (κ2) is 17.6. The number of thioether (sulfide) groups is 1. The Kier molecular flexibility index (Phi) is 15.0. The molecule has 3 amide bonds. The average Bonchev–Trinajstić information content (AvgIpc) is 3.38. The smallest absolute Gasteiger partial charge is 0.326 e. The van der Waals surface area contributed by atoms with Gasteiger partial charge in [0.05, 0.1) is 12.4 Å². The number of aliphatic imine (C=N–C) groups is 1. The van der Waals surface area contributed by atoms with E-state index in [1.165, 1.54) is 24.3 Å². The molecule has 0 aliphatic heterocycles. The van der Waals surface area contributed by atoms with E-state index in [-0.39, 0.29) is 38.2 Å². The van der Waals surface area contributed by atoms with Gasteiger partial charge in [-0.25, -0.2) is 9.78 Å². The Balaban J connectivity index is 3.01. The van der Waals surface area contributed by atoms with Crippen LogP contribution in [0, 0.1) is 0 Å². The van der Waals surface area contributed by atoms with Gasteiger partial charge in [-0.15, -0.1) is 0 Å². The van der Waals surface area contributed by atoms with Gasteiger partial charge in [0.1, 0.15) is 18.1 Å². The van der Waals surface area contributed by atoms with Gasteiger partial charge in [0, 0.05) is 31.3 Å². The first-order chi connectivity index (χ1) is 18.4. The number of nitrogens with two attached hydrogens (primary N) is 3. The number of hydrogen-bond donors (Lipinski definition) is 9. The van der Waals surface area contributed by atoms with E-state index >= 15 is 0 Å². The monoisotopic (exact) mass is 571 g/mol. The van der Waals surface area contributed by atoms with Crippen LogP contribution in [0.15, 0.2) is 17.5 Å². The van der Waals surface area contributed by atoms with Crippen molar-refractivity contribution in [2.75, 3.05) is 18.6 Å². The highest BCUT2D eigenvalue weighted by molar-refractivity contribution is 7.98. The standard InChI is InChI=1S/C22H37N9O7S/c1-39-8-6-15(21(37)38)30-19(35)14(4-5-17(32)33)29-20(36)16(9-12-10-26-11-28-12)31-18(34)13(23)3-2-7-27-22(24)25/h10-11,13-16H,2-9,23H2,1H3,(H,26,28)(H,29,36)(H,30,35)(H,31,34)(H,32,33)(H,37,38)(H4,24,25,27). The second-order valence-electron chi connectivity index (χ2n) is 8.57. The number of aliphatic carboxylic acids is 2. The van der Waals surface area contributed by atoms with Crippen molar-refractivity contribution in [2.45, 2.75) is 62.7 Å². The van der Waals surface area contributed by atoms with Crippen LogP contribution in [0.3, 0.4) is 0 Å². The van der Waals surface area contributed by atoms with E-state index in [0.29, 0.717) is 17.9 Å². The first-order valence-electron chi connectivity index (χ1n) is 12.1. The minimum atomic E-state index is -1.38. The van der Waals surface area contributed by atoms with Crippen LogP contribution in [-0.2, 0) is 30.4 Å². The number of carbonyl (C=O) groups excluding carboxylic acids is 3. The van der Waals surface area contributed by atoms with Gasteiger partial charge in [-0.05, 0) is 37.7 Å². The van der Waals surface area contributed by atoms with Crippen LogP contribution >= 0.6 is 11.8 Å². The van der Waals surface area contributed by atoms with Crippen molar-refractivity contribution in [2.24, 2.45) is 22.2 Å². The van der Waals surface area contributed by atoms with E-state index in [1.54, 1.807) is 6.26 Å². The lowest BCUT2D eigenvalue weighted by Gasteiger charge is -2.25. The molecule has 1 heterocycles. The lowest BCUT2D eigenvalue weighted by Crippen LogP contribution is -2.57. The third-order valence-corrected chi connectivity index (χ3v) is 6.07. The number of amides is 3. The molecule has 17 heteroatoms. The molecule has 1 aromatic heterocycles. The molecular weight excluding hydrogens is 534 g/mol. The van der Waals surface area contributed by atoms with Crippen LogP contribution in [0.4, 0.5) is 0 Å². The van der Waals surface area contributed by atoms with Gasteiger partial charge in [-0.1, -0.05) is 0 Å². The molecule has 0 saturated carbocycles. The lowest BCUT2D eigenvalue weighted by molar-refractivity contribution is -0.143. The molecule has 1 aromatic rings. The molecule has 39 heavy (non-hydrogen) atoms. The Hall–Kier alpha value is -3.86. The average molecular weight is 572 g/mol. The third kappa shape index (κ3) is 13.5. The van der Waals surface area contributed by atoms with Crippen LogP contribution in [0.2, 0.25) is 0 Å². The Labute approximate surface area is 229 Å². The number of nitrogens with one attached hydrogen (secondary N) is 4. The number of imidazole rings is 1. The van der Waals surface area contributed by atoms with Gasteiger partial charge < -0.3 is 48.3 Å². The fraction of sp³-hybridized carbons (Fsp3) is 0.591. The zero-order valence-electron chi connectivity index (χ0n) is 21.6. The zero-order chi connectivity index (χ0) is 29.4. The number of rotatable bonds is 19. The quantitative estimate of drug-likeness (QED) is 0.0473. The molecule has 1 rings (SSSR count). The zero-order valence-corrected chi connectivity index (χ0v) is 22.4. The highest BCUT2D eigenvalue weighted by Gasteiger charge is 2.31. The molecule has 0 aliphatic rings. The molecule has 0 fully saturated rings. The normalized spacial score (nSPS) is 13.8. The van der Waals surface area contributed by atoms with E-state index in [2.05, 4.69) is 30.9 Å². The Morgan fingerprint density at radius 2 is 1.64 bits per heavy atom. The lowest BCUT2D eigenvalue weighted by atomic mass is 10.1. The molecule has 0 bridgehead atoms. The molecule has 4 atom stereocenters. The van der Waals surface area contributed by atoms with Gasteiger partial charge >= 0.3 is 11.9 Å². The molecule has 0 aliphatic carbocycles. The minimum absolute atomic E-state index is 0.0446. The number of hydrogen-bond acceptors (Lipinski definition) is 9. The van der Waals surface area contributed by atoms with Crippen molar-refractivity contribution in [3.63, 3.8) is 0 Å². The summed E-state index contributed by atoms with van der Waals surface area (Å²) in [7, 11) is 0. The second-order valence-corrected chi connectivity index (χ2v) is 9.56. The number of carboxylic acid groups (broad SMARTS) is 2. The topological polar surface area (TPSA) is 281 Å². The Bertz CT molecular complexity index is 987. The maximum atomic E-state index is 13.2. The van der Waals surface area contributed by atoms with Crippen molar-refractivity contribution in [3.05, 3.63) is 18.2 Å². The largest absolute Gasteiger partial charge is 0.481 e. The summed E-state index contributed by atoms with van der Waals surface area (Å²) in [5.41, 5.74) is 17.0. The molecule has 0 aromatic carbocycles. The number of nitrogens with zero attached hydrogens (tertiary/aromatic N) is 2. The first-order valence-corrected chi connectivity index (χ1v) is 13.5. The molecule has 0 radical (unpaired) electrons. The molecule has 0 saturated heterocycles. The summed E-state index contributed by atoms with van der Waals surface area (Å²) >= 11 is 1.39. The number of H-pyrrole nitrogens is 1. The Morgan fingerprint density at radius 3 is 2.21 bits per heavy atom. The van der Waals surface area contributed by atoms with Crippen molar-refractivity contribution < 1.29 is 34.2 Å². The third-order valence-electron chi connectivity index (χ3n) is 5.42. The predicted molar refractivity (Wildman–Crippen MR) is 143 cm³/mol. The summed E-state index contributed by atoms with van der Waals surface area (Å²) in [5.74, 6) is -4.42. The van der Waals surface area contributed by atoms with Crippen molar-refractivity contribution in [1.29, 1.82) is 0 Å². The maximum absolute atomic E-state index is 13.2.